The minimum Gasteiger partial charge on any atom is -0.545 e. The number of amides is 1. The number of anilines is 1. The van der Waals surface area contributed by atoms with Crippen LogP contribution in [0.25, 0.3) is 5.69 Å². The molecule has 0 saturated carbocycles. The molecule has 0 spiro atoms. The first-order chi connectivity index (χ1) is 13.0. The van der Waals surface area contributed by atoms with Crippen LogP contribution in [0.5, 0.6) is 0 Å². The molecule has 0 aliphatic carbocycles. The number of carboxylic acid groups (broad SMARTS) is 1. The molecule has 9 heteroatoms. The van der Waals surface area contributed by atoms with Crippen LogP contribution in [0, 0.1) is 13.8 Å². The third-order valence-electron chi connectivity index (χ3n) is 3.87. The monoisotopic (exact) mass is 382 g/mol. The zero-order chi connectivity index (χ0) is 19.4. The molecule has 0 atom stereocenters. The minimum atomic E-state index is -1.25. The van der Waals surface area contributed by atoms with Crippen molar-refractivity contribution in [3.63, 3.8) is 0 Å². The van der Waals surface area contributed by atoms with Crippen LogP contribution in [-0.4, -0.2) is 37.8 Å². The summed E-state index contributed by atoms with van der Waals surface area (Å²) < 4.78 is 1.44. The van der Waals surface area contributed by atoms with Gasteiger partial charge < -0.3 is 15.2 Å². The molecule has 0 unspecified atom stereocenters. The van der Waals surface area contributed by atoms with Gasteiger partial charge in [0.05, 0.1) is 17.4 Å². The summed E-state index contributed by atoms with van der Waals surface area (Å²) in [5, 5.41) is 25.6. The first-order valence-electron chi connectivity index (χ1n) is 8.04. The number of aryl methyl sites for hydroxylation is 2. The van der Waals surface area contributed by atoms with Crippen molar-refractivity contribution >= 4 is 29.3 Å². The van der Waals surface area contributed by atoms with Gasteiger partial charge in [-0.3, -0.25) is 4.79 Å². The van der Waals surface area contributed by atoms with E-state index in [1.807, 2.05) is 32.0 Å². The Morgan fingerprint density at radius 2 is 1.78 bits per heavy atom. The molecule has 1 heterocycles. The Hall–Kier alpha value is -3.20. The highest BCUT2D eigenvalue weighted by Crippen LogP contribution is 2.22. The van der Waals surface area contributed by atoms with Gasteiger partial charge in [0, 0.05) is 5.69 Å². The fourth-order valence-electron chi connectivity index (χ4n) is 2.49. The quantitative estimate of drug-likeness (QED) is 0.641. The van der Waals surface area contributed by atoms with E-state index in [1.165, 1.54) is 28.6 Å². The Morgan fingerprint density at radius 1 is 1.11 bits per heavy atom. The molecule has 3 rings (SSSR count). The smallest absolute Gasteiger partial charge is 0.234 e. The molecule has 2 aromatic carbocycles. The van der Waals surface area contributed by atoms with Gasteiger partial charge >= 0.3 is 0 Å². The summed E-state index contributed by atoms with van der Waals surface area (Å²) in [5.74, 6) is -1.29. The van der Waals surface area contributed by atoms with Crippen molar-refractivity contribution in [2.45, 2.75) is 19.0 Å². The second-order valence-corrected chi connectivity index (χ2v) is 6.75. The number of tetrazole rings is 1. The second-order valence-electron chi connectivity index (χ2n) is 5.81. The summed E-state index contributed by atoms with van der Waals surface area (Å²) in [6.07, 6.45) is 0. The van der Waals surface area contributed by atoms with Crippen LogP contribution in [-0.2, 0) is 4.79 Å². The third-order valence-corrected chi connectivity index (χ3v) is 4.79. The Labute approximate surface area is 159 Å². The van der Waals surface area contributed by atoms with E-state index in [1.54, 1.807) is 12.1 Å². The third kappa shape index (κ3) is 4.32. The number of nitrogens with one attached hydrogen (secondary N) is 1. The molecule has 0 radical (unpaired) electrons. The predicted octanol–water partition coefficient (Wildman–Crippen LogP) is 1.37. The molecule has 3 aromatic rings. The molecule has 0 saturated heterocycles. The van der Waals surface area contributed by atoms with E-state index >= 15 is 0 Å². The van der Waals surface area contributed by atoms with Crippen molar-refractivity contribution in [2.75, 3.05) is 11.1 Å². The highest BCUT2D eigenvalue weighted by Gasteiger charge is 2.13. The lowest BCUT2D eigenvalue weighted by atomic mass is 10.1. The van der Waals surface area contributed by atoms with E-state index in [0.717, 1.165) is 16.8 Å². The number of thioether (sulfide) groups is 1. The number of hydrogen-bond donors (Lipinski definition) is 1. The number of aromatic nitrogens is 4. The number of aromatic carboxylic acids is 1. The van der Waals surface area contributed by atoms with Gasteiger partial charge in [0.2, 0.25) is 11.1 Å². The number of rotatable bonds is 6. The van der Waals surface area contributed by atoms with Crippen LogP contribution in [0.4, 0.5) is 5.69 Å². The summed E-state index contributed by atoms with van der Waals surface area (Å²) in [4.78, 5) is 23.1. The summed E-state index contributed by atoms with van der Waals surface area (Å²) in [6, 6.07) is 11.8. The van der Waals surface area contributed by atoms with Gasteiger partial charge in [-0.25, -0.2) is 0 Å². The molecular formula is C18H16N5O3S-. The van der Waals surface area contributed by atoms with Crippen molar-refractivity contribution in [3.8, 4) is 5.69 Å². The van der Waals surface area contributed by atoms with E-state index < -0.39 is 5.97 Å². The first kappa shape index (κ1) is 18.6. The van der Waals surface area contributed by atoms with Crippen LogP contribution in [0.3, 0.4) is 0 Å². The van der Waals surface area contributed by atoms with E-state index in [-0.39, 0.29) is 17.2 Å². The summed E-state index contributed by atoms with van der Waals surface area (Å²) in [7, 11) is 0. The average Bonchev–Trinajstić information content (AvgIpc) is 3.12. The lowest BCUT2D eigenvalue weighted by Gasteiger charge is -2.11. The van der Waals surface area contributed by atoms with E-state index in [0.29, 0.717) is 10.8 Å². The lowest BCUT2D eigenvalue weighted by Crippen LogP contribution is -2.22. The minimum absolute atomic E-state index is 0.0639. The highest BCUT2D eigenvalue weighted by molar-refractivity contribution is 7.99. The topological polar surface area (TPSA) is 113 Å². The molecular weight excluding hydrogens is 366 g/mol. The van der Waals surface area contributed by atoms with Crippen LogP contribution in [0.15, 0.2) is 47.6 Å². The van der Waals surface area contributed by atoms with E-state index in [2.05, 4.69) is 20.8 Å². The second kappa shape index (κ2) is 8.00. The standard InChI is InChI=1S/C18H17N5O3S/c1-11-4-3-5-12(2)16(11)19-15(24)10-27-18-20-21-22-23(18)14-8-6-13(7-9-14)17(25)26/h3-9H,10H2,1-2H3,(H,19,24)(H,25,26)/p-1. The highest BCUT2D eigenvalue weighted by atomic mass is 32.2. The van der Waals surface area contributed by atoms with Crippen molar-refractivity contribution < 1.29 is 14.7 Å². The van der Waals surface area contributed by atoms with Crippen molar-refractivity contribution in [3.05, 3.63) is 59.2 Å². The number of carboxylic acids is 1. The number of nitrogens with zero attached hydrogens (tertiary/aromatic N) is 4. The molecule has 27 heavy (non-hydrogen) atoms. The number of para-hydroxylation sites is 1. The largest absolute Gasteiger partial charge is 0.545 e. The summed E-state index contributed by atoms with van der Waals surface area (Å²) in [6.45, 7) is 3.87. The molecule has 8 nitrogen and oxygen atoms in total. The zero-order valence-corrected chi connectivity index (χ0v) is 15.5. The molecule has 0 fully saturated rings. The van der Waals surface area contributed by atoms with Crippen LogP contribution < -0.4 is 10.4 Å². The number of carbonyl (C=O) groups is 2. The number of carbonyl (C=O) groups excluding carboxylic acids is 2. The predicted molar refractivity (Wildman–Crippen MR) is 98.8 cm³/mol. The first-order valence-corrected chi connectivity index (χ1v) is 9.03. The van der Waals surface area contributed by atoms with Gasteiger partial charge in [-0.05, 0) is 53.1 Å². The molecule has 138 valence electrons. The fraction of sp³-hybridized carbons (Fsp3) is 0.167. The van der Waals surface area contributed by atoms with Gasteiger partial charge in [-0.1, -0.05) is 42.1 Å². The number of hydrogen-bond acceptors (Lipinski definition) is 7. The van der Waals surface area contributed by atoms with Crippen LogP contribution in [0.1, 0.15) is 21.5 Å². The SMILES string of the molecule is Cc1cccc(C)c1NC(=O)CSc1nnnn1-c1ccc(C(=O)[O-])cc1. The van der Waals surface area contributed by atoms with Gasteiger partial charge in [0.15, 0.2) is 0 Å². The molecule has 0 bridgehead atoms. The molecule has 0 aliphatic rings. The Bertz CT molecular complexity index is 965. The fourth-order valence-corrected chi connectivity index (χ4v) is 3.18. The number of benzene rings is 2. The zero-order valence-electron chi connectivity index (χ0n) is 14.7. The van der Waals surface area contributed by atoms with Crippen LogP contribution in [0.2, 0.25) is 0 Å². The summed E-state index contributed by atoms with van der Waals surface area (Å²) in [5.41, 5.74) is 3.44. The Morgan fingerprint density at radius 3 is 2.41 bits per heavy atom. The van der Waals surface area contributed by atoms with Gasteiger partial charge in [0.1, 0.15) is 0 Å². The normalized spacial score (nSPS) is 10.6. The maximum atomic E-state index is 12.3. The molecule has 1 N–H and O–H groups in total. The van der Waals surface area contributed by atoms with Gasteiger partial charge in [0.25, 0.3) is 0 Å². The summed E-state index contributed by atoms with van der Waals surface area (Å²) >= 11 is 1.18. The molecule has 1 aromatic heterocycles. The van der Waals surface area contributed by atoms with Gasteiger partial charge in [-0.15, -0.1) is 5.10 Å². The van der Waals surface area contributed by atoms with Crippen molar-refractivity contribution in [1.82, 2.24) is 20.2 Å². The maximum absolute atomic E-state index is 12.3. The molecule has 1 amide bonds. The van der Waals surface area contributed by atoms with Gasteiger partial charge in [-0.2, -0.15) is 4.68 Å². The lowest BCUT2D eigenvalue weighted by molar-refractivity contribution is -0.255. The van der Waals surface area contributed by atoms with Crippen LogP contribution >= 0.6 is 11.8 Å². The Balaban J connectivity index is 1.68. The maximum Gasteiger partial charge on any atom is 0.234 e. The van der Waals surface area contributed by atoms with E-state index in [4.69, 9.17) is 0 Å². The van der Waals surface area contributed by atoms with E-state index in [9.17, 15) is 14.7 Å². The van der Waals surface area contributed by atoms with Crippen molar-refractivity contribution in [2.24, 2.45) is 0 Å². The average molecular weight is 382 g/mol. The molecule has 0 aliphatic heterocycles. The Kier molecular flexibility index (Phi) is 5.51. The van der Waals surface area contributed by atoms with Crippen molar-refractivity contribution in [1.29, 1.82) is 0 Å².